The Hall–Kier alpha value is -2.63. The van der Waals surface area contributed by atoms with Crippen LogP contribution in [0.15, 0.2) is 60.9 Å². The number of aryl methyl sites for hydroxylation is 1. The van der Waals surface area contributed by atoms with Gasteiger partial charge in [0.2, 0.25) is 0 Å². The molecule has 1 fully saturated rings. The van der Waals surface area contributed by atoms with Crippen molar-refractivity contribution < 1.29 is 14.2 Å². The van der Waals surface area contributed by atoms with E-state index in [4.69, 9.17) is 14.2 Å². The molecule has 0 aliphatic carbocycles. The number of hydrogen-bond acceptors (Lipinski definition) is 4. The highest BCUT2D eigenvalue weighted by Gasteiger charge is 2.34. The van der Waals surface area contributed by atoms with Gasteiger partial charge in [-0.25, -0.2) is 4.98 Å². The van der Waals surface area contributed by atoms with Crippen molar-refractivity contribution in [2.24, 2.45) is 0 Å². The van der Waals surface area contributed by atoms with Gasteiger partial charge in [-0.2, -0.15) is 0 Å². The van der Waals surface area contributed by atoms with Crippen LogP contribution in [0.1, 0.15) is 29.8 Å². The molecule has 1 aliphatic heterocycles. The van der Waals surface area contributed by atoms with E-state index in [0.29, 0.717) is 6.61 Å². The topological polar surface area (TPSA) is 45.5 Å². The van der Waals surface area contributed by atoms with E-state index >= 15 is 0 Å². The molecule has 28 heavy (non-hydrogen) atoms. The molecule has 2 heterocycles. The molecule has 0 amide bonds. The third-order valence-electron chi connectivity index (χ3n) is 5.49. The number of imidazole rings is 1. The molecule has 0 N–H and O–H groups in total. The second kappa shape index (κ2) is 8.17. The van der Waals surface area contributed by atoms with Crippen molar-refractivity contribution in [1.29, 1.82) is 0 Å². The van der Waals surface area contributed by atoms with Crippen molar-refractivity contribution in [1.82, 2.24) is 9.55 Å². The van der Waals surface area contributed by atoms with Crippen LogP contribution in [-0.2, 0) is 21.7 Å². The van der Waals surface area contributed by atoms with Gasteiger partial charge < -0.3 is 18.8 Å². The molecule has 5 nitrogen and oxygen atoms in total. The van der Waals surface area contributed by atoms with Crippen LogP contribution in [0.3, 0.4) is 0 Å². The van der Waals surface area contributed by atoms with Gasteiger partial charge in [0.1, 0.15) is 18.2 Å². The molecule has 3 aromatic rings. The van der Waals surface area contributed by atoms with Gasteiger partial charge in [0.15, 0.2) is 0 Å². The predicted octanol–water partition coefficient (Wildman–Crippen LogP) is 4.41. The van der Waals surface area contributed by atoms with E-state index in [9.17, 15) is 0 Å². The van der Waals surface area contributed by atoms with Crippen molar-refractivity contribution >= 4 is 0 Å². The van der Waals surface area contributed by atoms with Crippen molar-refractivity contribution in [2.75, 3.05) is 20.3 Å². The minimum absolute atomic E-state index is 0.242. The van der Waals surface area contributed by atoms with Gasteiger partial charge in [-0.3, -0.25) is 0 Å². The van der Waals surface area contributed by atoms with E-state index in [0.717, 1.165) is 48.9 Å². The normalized spacial score (nSPS) is 16.1. The van der Waals surface area contributed by atoms with Crippen LogP contribution in [0.5, 0.6) is 5.75 Å². The van der Waals surface area contributed by atoms with E-state index in [1.165, 1.54) is 5.56 Å². The Morgan fingerprint density at radius 1 is 1.11 bits per heavy atom. The maximum atomic E-state index is 6.01. The molecule has 2 aromatic carbocycles. The average molecular weight is 378 g/mol. The third kappa shape index (κ3) is 3.81. The average Bonchev–Trinajstić information content (AvgIpc) is 3.19. The number of benzene rings is 2. The first-order chi connectivity index (χ1) is 13.7. The molecule has 1 saturated heterocycles. The van der Waals surface area contributed by atoms with E-state index in [1.807, 2.05) is 37.5 Å². The molecule has 0 spiro atoms. The zero-order valence-corrected chi connectivity index (χ0v) is 16.4. The van der Waals surface area contributed by atoms with Crippen LogP contribution < -0.4 is 4.74 Å². The minimum atomic E-state index is -0.242. The predicted molar refractivity (Wildman–Crippen MR) is 108 cm³/mol. The summed E-state index contributed by atoms with van der Waals surface area (Å²) < 4.78 is 19.4. The Balaban J connectivity index is 1.44. The van der Waals surface area contributed by atoms with Crippen molar-refractivity contribution in [3.8, 4) is 11.4 Å². The fourth-order valence-corrected chi connectivity index (χ4v) is 3.78. The number of hydrogen-bond donors (Lipinski definition) is 0. The van der Waals surface area contributed by atoms with E-state index in [2.05, 4.69) is 39.9 Å². The standard InChI is InChI=1S/C23H26N2O3/c1-18-24-12-13-25(18)21-5-3-4-19(16-21)17-28-22-8-6-20(7-9-22)23(26-2)10-14-27-15-11-23/h3-9,12-13,16H,10-11,14-15,17H2,1-2H3. The van der Waals surface area contributed by atoms with E-state index in [-0.39, 0.29) is 5.60 Å². The zero-order valence-electron chi connectivity index (χ0n) is 16.4. The second-order valence-corrected chi connectivity index (χ2v) is 7.14. The minimum Gasteiger partial charge on any atom is -0.489 e. The summed E-state index contributed by atoms with van der Waals surface area (Å²) in [5, 5.41) is 0. The summed E-state index contributed by atoms with van der Waals surface area (Å²) >= 11 is 0. The van der Waals surface area contributed by atoms with Crippen LogP contribution >= 0.6 is 0 Å². The quantitative estimate of drug-likeness (QED) is 0.637. The fourth-order valence-electron chi connectivity index (χ4n) is 3.78. The molecule has 0 saturated carbocycles. The Morgan fingerprint density at radius 2 is 1.89 bits per heavy atom. The van der Waals surface area contributed by atoms with Gasteiger partial charge in [-0.05, 0) is 42.3 Å². The molecule has 1 aromatic heterocycles. The SMILES string of the molecule is COC1(c2ccc(OCc3cccc(-n4ccnc4C)c3)cc2)CCOCC1. The summed E-state index contributed by atoms with van der Waals surface area (Å²) in [5.74, 6) is 1.82. The molecule has 0 bridgehead atoms. The number of ether oxygens (including phenoxy) is 3. The van der Waals surface area contributed by atoms with Crippen LogP contribution in [0, 0.1) is 6.92 Å². The summed E-state index contributed by atoms with van der Waals surface area (Å²) in [5.41, 5.74) is 3.15. The molecule has 0 atom stereocenters. The second-order valence-electron chi connectivity index (χ2n) is 7.14. The van der Waals surface area contributed by atoms with Gasteiger partial charge in [-0.15, -0.1) is 0 Å². The highest BCUT2D eigenvalue weighted by atomic mass is 16.5. The molecule has 0 radical (unpaired) electrons. The number of rotatable bonds is 6. The van der Waals surface area contributed by atoms with Crippen molar-refractivity contribution in [3.63, 3.8) is 0 Å². The summed E-state index contributed by atoms with van der Waals surface area (Å²) in [6.07, 6.45) is 5.54. The smallest absolute Gasteiger partial charge is 0.119 e. The van der Waals surface area contributed by atoms with Gasteiger partial charge >= 0.3 is 0 Å². The highest BCUT2D eigenvalue weighted by molar-refractivity contribution is 5.37. The lowest BCUT2D eigenvalue weighted by Gasteiger charge is -2.36. The summed E-state index contributed by atoms with van der Waals surface area (Å²) in [4.78, 5) is 4.29. The van der Waals surface area contributed by atoms with E-state index in [1.54, 1.807) is 7.11 Å². The van der Waals surface area contributed by atoms with Gasteiger partial charge in [0.25, 0.3) is 0 Å². The molecule has 5 heteroatoms. The Bertz CT molecular complexity index is 912. The summed E-state index contributed by atoms with van der Waals surface area (Å²) in [6, 6.07) is 16.6. The highest BCUT2D eigenvalue weighted by Crippen LogP contribution is 2.36. The van der Waals surface area contributed by atoms with Gasteiger partial charge in [-0.1, -0.05) is 24.3 Å². The fraction of sp³-hybridized carbons (Fsp3) is 0.348. The monoisotopic (exact) mass is 378 g/mol. The van der Waals surface area contributed by atoms with Gasteiger partial charge in [0.05, 0.1) is 5.60 Å². The lowest BCUT2D eigenvalue weighted by molar-refractivity contribution is -0.0948. The number of aromatic nitrogens is 2. The first kappa shape index (κ1) is 18.7. The lowest BCUT2D eigenvalue weighted by atomic mass is 9.86. The van der Waals surface area contributed by atoms with Crippen LogP contribution in [0.25, 0.3) is 5.69 Å². The van der Waals surface area contributed by atoms with Crippen LogP contribution in [0.4, 0.5) is 0 Å². The third-order valence-corrected chi connectivity index (χ3v) is 5.49. The number of methoxy groups -OCH3 is 1. The first-order valence-corrected chi connectivity index (χ1v) is 9.66. The summed E-state index contributed by atoms with van der Waals surface area (Å²) in [6.45, 7) is 3.98. The largest absolute Gasteiger partial charge is 0.489 e. The van der Waals surface area contributed by atoms with E-state index < -0.39 is 0 Å². The molecule has 1 aliphatic rings. The number of nitrogens with zero attached hydrogens (tertiary/aromatic N) is 2. The Labute approximate surface area is 165 Å². The van der Waals surface area contributed by atoms with Crippen molar-refractivity contribution in [2.45, 2.75) is 32.0 Å². The molecule has 146 valence electrons. The van der Waals surface area contributed by atoms with Crippen molar-refractivity contribution in [3.05, 3.63) is 77.9 Å². The van der Waals surface area contributed by atoms with Crippen LogP contribution in [-0.4, -0.2) is 29.9 Å². The molecular weight excluding hydrogens is 352 g/mol. The summed E-state index contributed by atoms with van der Waals surface area (Å²) in [7, 11) is 1.78. The molecule has 4 rings (SSSR count). The molecule has 0 unspecified atom stereocenters. The Morgan fingerprint density at radius 3 is 2.57 bits per heavy atom. The maximum absolute atomic E-state index is 6.01. The maximum Gasteiger partial charge on any atom is 0.119 e. The first-order valence-electron chi connectivity index (χ1n) is 9.66. The Kier molecular flexibility index (Phi) is 5.46. The van der Waals surface area contributed by atoms with Gasteiger partial charge in [0, 0.05) is 51.2 Å². The molecular formula is C23H26N2O3. The lowest BCUT2D eigenvalue weighted by Crippen LogP contribution is -2.35. The van der Waals surface area contributed by atoms with Crippen LogP contribution in [0.2, 0.25) is 0 Å². The zero-order chi connectivity index (χ0) is 19.4.